The Morgan fingerprint density at radius 1 is 1.00 bits per heavy atom. The van der Waals surface area contributed by atoms with Crippen LogP contribution >= 0.6 is 31.9 Å². The van der Waals surface area contributed by atoms with Crippen LogP contribution in [0.4, 0.5) is 5.95 Å². The molecule has 1 aromatic rings. The highest BCUT2D eigenvalue weighted by molar-refractivity contribution is 9.12. The second-order valence-corrected chi connectivity index (χ2v) is 7.68. The molecule has 1 aromatic heterocycles. The van der Waals surface area contributed by atoms with Gasteiger partial charge in [-0.1, -0.05) is 31.9 Å². The predicted octanol–water partition coefficient (Wildman–Crippen LogP) is 1.76. The van der Waals surface area contributed by atoms with E-state index in [9.17, 15) is 9.59 Å². The van der Waals surface area contributed by atoms with Crippen LogP contribution in [-0.4, -0.2) is 31.4 Å². The first-order valence-corrected chi connectivity index (χ1v) is 8.37. The van der Waals surface area contributed by atoms with Gasteiger partial charge in [-0.2, -0.15) is 0 Å². The largest absolute Gasteiger partial charge is 0.274 e. The third kappa shape index (κ3) is 1.48. The Balaban J connectivity index is 1.75. The van der Waals surface area contributed by atoms with Crippen LogP contribution in [0.25, 0.3) is 0 Å². The molecule has 2 heterocycles. The lowest BCUT2D eigenvalue weighted by Gasteiger charge is -2.28. The zero-order chi connectivity index (χ0) is 14.0. The normalized spacial score (nSPS) is 42.4. The molecular weight excluding hydrogens is 390 g/mol. The summed E-state index contributed by atoms with van der Waals surface area (Å²) >= 11 is 7.32. The van der Waals surface area contributed by atoms with E-state index in [1.807, 2.05) is 0 Å². The third-order valence-electron chi connectivity index (χ3n) is 4.74. The van der Waals surface area contributed by atoms with Crippen molar-refractivity contribution in [3.05, 3.63) is 18.5 Å². The molecule has 1 aliphatic heterocycles. The Morgan fingerprint density at radius 2 is 1.50 bits per heavy atom. The molecule has 6 atom stereocenters. The molecule has 5 nitrogen and oxygen atoms in total. The maximum Gasteiger partial charge on any atom is 0.240 e. The molecule has 2 bridgehead atoms. The SMILES string of the molecule is O=C1[C@H]2[C@@H]3C[C@@H]([C@H](Br)[C@@H]3Br)[C@@H]2C(=O)N1c1ncccn1. The number of amides is 2. The number of halogens is 2. The van der Waals surface area contributed by atoms with E-state index in [0.717, 1.165) is 6.42 Å². The average Bonchev–Trinajstić information content (AvgIpc) is 3.05. The van der Waals surface area contributed by atoms with Crippen LogP contribution in [-0.2, 0) is 9.59 Å². The fourth-order valence-electron chi connectivity index (χ4n) is 3.95. The van der Waals surface area contributed by atoms with Gasteiger partial charge in [0.1, 0.15) is 0 Å². The summed E-state index contributed by atoms with van der Waals surface area (Å²) in [7, 11) is 0. The molecule has 0 aromatic carbocycles. The van der Waals surface area contributed by atoms with Crippen LogP contribution in [0.2, 0.25) is 0 Å². The van der Waals surface area contributed by atoms with Gasteiger partial charge in [0.25, 0.3) is 0 Å². The molecule has 2 amide bonds. The van der Waals surface area contributed by atoms with Gasteiger partial charge in [0.2, 0.25) is 17.8 Å². The molecule has 0 spiro atoms. The summed E-state index contributed by atoms with van der Waals surface area (Å²) in [5, 5.41) is 0. The average molecular weight is 401 g/mol. The zero-order valence-electron chi connectivity index (χ0n) is 10.3. The number of carbonyl (C=O) groups is 2. The molecule has 4 rings (SSSR count). The predicted molar refractivity (Wildman–Crippen MR) is 78.5 cm³/mol. The molecule has 3 aliphatic rings. The first-order valence-electron chi connectivity index (χ1n) is 6.54. The smallest absolute Gasteiger partial charge is 0.240 e. The molecular formula is C13H11Br2N3O2. The molecule has 3 fully saturated rings. The maximum atomic E-state index is 12.6. The number of nitrogens with zero attached hydrogens (tertiary/aromatic N) is 3. The molecule has 20 heavy (non-hydrogen) atoms. The van der Waals surface area contributed by atoms with Crippen molar-refractivity contribution < 1.29 is 9.59 Å². The van der Waals surface area contributed by atoms with Gasteiger partial charge >= 0.3 is 0 Å². The lowest BCUT2D eigenvalue weighted by molar-refractivity contribution is -0.123. The Hall–Kier alpha value is -0.820. The van der Waals surface area contributed by atoms with E-state index in [-0.39, 0.29) is 51.1 Å². The lowest BCUT2D eigenvalue weighted by atomic mass is 9.81. The second kappa shape index (κ2) is 4.34. The first-order chi connectivity index (χ1) is 9.61. The highest BCUT2D eigenvalue weighted by atomic mass is 79.9. The minimum atomic E-state index is -0.213. The Labute approximate surface area is 132 Å². The zero-order valence-corrected chi connectivity index (χ0v) is 13.5. The summed E-state index contributed by atoms with van der Waals surface area (Å²) < 4.78 is 0. The quantitative estimate of drug-likeness (QED) is 0.532. The molecule has 1 saturated heterocycles. The van der Waals surface area contributed by atoms with Crippen molar-refractivity contribution in [1.82, 2.24) is 9.97 Å². The van der Waals surface area contributed by atoms with E-state index in [1.165, 1.54) is 4.90 Å². The standard InChI is InChI=1S/C13H11Br2N3O2/c14-9-5-4-6(10(9)15)8-7(5)11(19)18(12(8)20)13-16-2-1-3-17-13/h1-3,5-10H,4H2/t5-,6+,7-,8-,9+,10-/m0/s1. The van der Waals surface area contributed by atoms with Crippen LogP contribution in [0.15, 0.2) is 18.5 Å². The van der Waals surface area contributed by atoms with Gasteiger partial charge < -0.3 is 0 Å². The third-order valence-corrected chi connectivity index (χ3v) is 7.95. The van der Waals surface area contributed by atoms with Crippen LogP contribution in [0.3, 0.4) is 0 Å². The number of aromatic nitrogens is 2. The van der Waals surface area contributed by atoms with Crippen molar-refractivity contribution in [3.63, 3.8) is 0 Å². The number of alkyl halides is 2. The summed E-state index contributed by atoms with van der Waals surface area (Å²) in [6.07, 6.45) is 4.03. The molecule has 0 radical (unpaired) electrons. The van der Waals surface area contributed by atoms with Crippen molar-refractivity contribution in [2.75, 3.05) is 4.90 Å². The Kier molecular flexibility index (Phi) is 2.79. The Morgan fingerprint density at radius 3 is 2.00 bits per heavy atom. The summed E-state index contributed by atoms with van der Waals surface area (Å²) in [6, 6.07) is 1.67. The Bertz CT molecular complexity index is 565. The van der Waals surface area contributed by atoms with Crippen molar-refractivity contribution in [1.29, 1.82) is 0 Å². The van der Waals surface area contributed by atoms with E-state index < -0.39 is 0 Å². The molecule has 0 N–H and O–H groups in total. The van der Waals surface area contributed by atoms with E-state index in [2.05, 4.69) is 41.8 Å². The first kappa shape index (κ1) is 12.9. The minimum absolute atomic E-state index is 0.137. The fraction of sp³-hybridized carbons (Fsp3) is 0.538. The highest BCUT2D eigenvalue weighted by Gasteiger charge is 2.66. The van der Waals surface area contributed by atoms with Gasteiger partial charge in [-0.3, -0.25) is 9.59 Å². The maximum absolute atomic E-state index is 12.6. The van der Waals surface area contributed by atoms with E-state index in [4.69, 9.17) is 0 Å². The number of rotatable bonds is 1. The van der Waals surface area contributed by atoms with E-state index in [1.54, 1.807) is 18.5 Å². The number of fused-ring (bicyclic) bond motifs is 5. The van der Waals surface area contributed by atoms with Crippen molar-refractivity contribution in [2.45, 2.75) is 16.1 Å². The summed E-state index contributed by atoms with van der Waals surface area (Å²) in [4.78, 5) is 35.0. The van der Waals surface area contributed by atoms with Gasteiger partial charge in [-0.15, -0.1) is 0 Å². The lowest BCUT2D eigenvalue weighted by Crippen LogP contribution is -2.37. The van der Waals surface area contributed by atoms with Gasteiger partial charge in [-0.05, 0) is 24.3 Å². The van der Waals surface area contributed by atoms with Gasteiger partial charge in [0, 0.05) is 22.0 Å². The van der Waals surface area contributed by atoms with Crippen molar-refractivity contribution >= 4 is 49.6 Å². The molecule has 104 valence electrons. The minimum Gasteiger partial charge on any atom is -0.274 e. The highest BCUT2D eigenvalue weighted by Crippen LogP contribution is 2.60. The van der Waals surface area contributed by atoms with Crippen LogP contribution in [0.5, 0.6) is 0 Å². The summed E-state index contributed by atoms with van der Waals surface area (Å²) in [6.45, 7) is 0. The second-order valence-electron chi connectivity index (χ2n) is 5.56. The number of imide groups is 1. The van der Waals surface area contributed by atoms with Crippen molar-refractivity contribution in [3.8, 4) is 0 Å². The van der Waals surface area contributed by atoms with Crippen LogP contribution in [0, 0.1) is 23.7 Å². The van der Waals surface area contributed by atoms with Gasteiger partial charge in [-0.25, -0.2) is 14.9 Å². The number of anilines is 1. The van der Waals surface area contributed by atoms with Gasteiger partial charge in [0.05, 0.1) is 11.8 Å². The molecule has 0 unspecified atom stereocenters. The van der Waals surface area contributed by atoms with Gasteiger partial charge in [0.15, 0.2) is 0 Å². The fourth-order valence-corrected chi connectivity index (χ4v) is 5.83. The van der Waals surface area contributed by atoms with Crippen LogP contribution < -0.4 is 4.90 Å². The number of hydrogen-bond acceptors (Lipinski definition) is 4. The van der Waals surface area contributed by atoms with E-state index >= 15 is 0 Å². The van der Waals surface area contributed by atoms with Crippen molar-refractivity contribution in [2.24, 2.45) is 23.7 Å². The summed E-state index contributed by atoms with van der Waals surface area (Å²) in [5.41, 5.74) is 0. The molecule has 7 heteroatoms. The molecule has 2 aliphatic carbocycles. The summed E-state index contributed by atoms with van der Waals surface area (Å²) in [5.74, 6) is -0.0540. The number of carbonyl (C=O) groups excluding carboxylic acids is 2. The monoisotopic (exact) mass is 399 g/mol. The van der Waals surface area contributed by atoms with E-state index in [0.29, 0.717) is 0 Å². The van der Waals surface area contributed by atoms with Crippen LogP contribution in [0.1, 0.15) is 6.42 Å². The molecule has 2 saturated carbocycles. The number of hydrogen-bond donors (Lipinski definition) is 0. The topological polar surface area (TPSA) is 63.2 Å².